The average Bonchev–Trinajstić information content (AvgIpc) is 2.63. The van der Waals surface area contributed by atoms with Crippen LogP contribution in [0.4, 0.5) is 5.69 Å². The standard InChI is InChI=1S/C17H27ClN2/c1-3-16-7-5-4-6-10-20(16)17-9-8-15(18)12-14(17)11-13(2)19/h8-9,12-13,16H,3-7,10-11,19H2,1-2H3. The maximum atomic E-state index is 6.18. The molecule has 1 saturated heterocycles. The Hall–Kier alpha value is -0.730. The Kier molecular flexibility index (Phi) is 5.74. The van der Waals surface area contributed by atoms with E-state index >= 15 is 0 Å². The minimum absolute atomic E-state index is 0.166. The molecule has 1 fully saturated rings. The van der Waals surface area contributed by atoms with Gasteiger partial charge in [0, 0.05) is 29.3 Å². The molecule has 20 heavy (non-hydrogen) atoms. The van der Waals surface area contributed by atoms with E-state index in [-0.39, 0.29) is 6.04 Å². The summed E-state index contributed by atoms with van der Waals surface area (Å²) in [4.78, 5) is 2.60. The van der Waals surface area contributed by atoms with Crippen molar-refractivity contribution in [2.45, 2.75) is 64.5 Å². The molecule has 0 spiro atoms. The zero-order valence-corrected chi connectivity index (χ0v) is 13.5. The average molecular weight is 295 g/mol. The second kappa shape index (κ2) is 7.33. The van der Waals surface area contributed by atoms with Gasteiger partial charge >= 0.3 is 0 Å². The summed E-state index contributed by atoms with van der Waals surface area (Å²) in [6, 6.07) is 7.12. The molecule has 0 saturated carbocycles. The van der Waals surface area contributed by atoms with E-state index in [2.05, 4.69) is 30.9 Å². The zero-order valence-electron chi connectivity index (χ0n) is 12.7. The number of hydrogen-bond donors (Lipinski definition) is 1. The van der Waals surface area contributed by atoms with Gasteiger partial charge in [-0.15, -0.1) is 0 Å². The van der Waals surface area contributed by atoms with E-state index in [9.17, 15) is 0 Å². The van der Waals surface area contributed by atoms with E-state index in [0.29, 0.717) is 6.04 Å². The van der Waals surface area contributed by atoms with E-state index in [1.54, 1.807) is 0 Å². The molecule has 0 radical (unpaired) electrons. The van der Waals surface area contributed by atoms with Crippen LogP contribution >= 0.6 is 11.6 Å². The summed E-state index contributed by atoms with van der Waals surface area (Å²) in [5, 5.41) is 0.812. The van der Waals surface area contributed by atoms with Gasteiger partial charge in [-0.1, -0.05) is 31.4 Å². The maximum absolute atomic E-state index is 6.18. The van der Waals surface area contributed by atoms with Gasteiger partial charge in [-0.05, 0) is 56.4 Å². The third-order valence-corrected chi connectivity index (χ3v) is 4.48. The highest BCUT2D eigenvalue weighted by atomic mass is 35.5. The van der Waals surface area contributed by atoms with Gasteiger partial charge < -0.3 is 10.6 Å². The first kappa shape index (κ1) is 15.7. The van der Waals surface area contributed by atoms with Gasteiger partial charge in [-0.25, -0.2) is 0 Å². The molecule has 1 heterocycles. The van der Waals surface area contributed by atoms with Crippen LogP contribution in [0.25, 0.3) is 0 Å². The van der Waals surface area contributed by atoms with Crippen molar-refractivity contribution >= 4 is 17.3 Å². The molecular formula is C17H27ClN2. The van der Waals surface area contributed by atoms with Crippen molar-refractivity contribution in [3.63, 3.8) is 0 Å². The summed E-state index contributed by atoms with van der Waals surface area (Å²) in [6.45, 7) is 5.51. The van der Waals surface area contributed by atoms with Crippen molar-refractivity contribution < 1.29 is 0 Å². The molecule has 0 amide bonds. The summed E-state index contributed by atoms with van der Waals surface area (Å²) in [5.41, 5.74) is 8.66. The normalized spacial score (nSPS) is 21.6. The van der Waals surface area contributed by atoms with Crippen LogP contribution in [0.5, 0.6) is 0 Å². The highest BCUT2D eigenvalue weighted by molar-refractivity contribution is 6.30. The Morgan fingerprint density at radius 2 is 2.15 bits per heavy atom. The van der Waals surface area contributed by atoms with Crippen LogP contribution in [0.15, 0.2) is 18.2 Å². The van der Waals surface area contributed by atoms with Crippen molar-refractivity contribution in [2.75, 3.05) is 11.4 Å². The Bertz CT molecular complexity index is 431. The van der Waals surface area contributed by atoms with E-state index in [0.717, 1.165) is 18.0 Å². The zero-order chi connectivity index (χ0) is 14.5. The largest absolute Gasteiger partial charge is 0.368 e. The second-order valence-corrected chi connectivity index (χ2v) is 6.50. The highest BCUT2D eigenvalue weighted by Gasteiger charge is 2.22. The summed E-state index contributed by atoms with van der Waals surface area (Å²) in [5.74, 6) is 0. The highest BCUT2D eigenvalue weighted by Crippen LogP contribution is 2.31. The van der Waals surface area contributed by atoms with Gasteiger partial charge in [0.25, 0.3) is 0 Å². The van der Waals surface area contributed by atoms with Gasteiger partial charge in [-0.3, -0.25) is 0 Å². The number of rotatable bonds is 4. The van der Waals surface area contributed by atoms with Gasteiger partial charge in [-0.2, -0.15) is 0 Å². The molecule has 2 unspecified atom stereocenters. The fraction of sp³-hybridized carbons (Fsp3) is 0.647. The van der Waals surface area contributed by atoms with E-state index < -0.39 is 0 Å². The molecule has 1 aromatic rings. The Labute approximate surface area is 128 Å². The first-order chi connectivity index (χ1) is 9.61. The van der Waals surface area contributed by atoms with Crippen LogP contribution < -0.4 is 10.6 Å². The van der Waals surface area contributed by atoms with Crippen molar-refractivity contribution in [1.82, 2.24) is 0 Å². The van der Waals surface area contributed by atoms with Crippen LogP contribution in [-0.4, -0.2) is 18.6 Å². The Balaban J connectivity index is 2.32. The topological polar surface area (TPSA) is 29.3 Å². The molecule has 2 N–H and O–H groups in total. The Morgan fingerprint density at radius 1 is 1.35 bits per heavy atom. The van der Waals surface area contributed by atoms with Gasteiger partial charge in [0.05, 0.1) is 0 Å². The summed E-state index contributed by atoms with van der Waals surface area (Å²) in [7, 11) is 0. The second-order valence-electron chi connectivity index (χ2n) is 6.06. The molecule has 112 valence electrons. The molecule has 0 bridgehead atoms. The van der Waals surface area contributed by atoms with Crippen LogP contribution in [0.2, 0.25) is 5.02 Å². The van der Waals surface area contributed by atoms with E-state index in [4.69, 9.17) is 17.3 Å². The lowest BCUT2D eigenvalue weighted by molar-refractivity contribution is 0.554. The van der Waals surface area contributed by atoms with Gasteiger partial charge in [0.2, 0.25) is 0 Å². The summed E-state index contributed by atoms with van der Waals surface area (Å²) < 4.78 is 0. The molecule has 2 rings (SSSR count). The summed E-state index contributed by atoms with van der Waals surface area (Å²) in [6.07, 6.45) is 7.39. The van der Waals surface area contributed by atoms with Crippen LogP contribution in [0.1, 0.15) is 51.5 Å². The monoisotopic (exact) mass is 294 g/mol. The molecular weight excluding hydrogens is 268 g/mol. The Morgan fingerprint density at radius 3 is 2.85 bits per heavy atom. The van der Waals surface area contributed by atoms with Gasteiger partial charge in [0.15, 0.2) is 0 Å². The van der Waals surface area contributed by atoms with Crippen molar-refractivity contribution in [3.8, 4) is 0 Å². The number of nitrogens with two attached hydrogens (primary N) is 1. The fourth-order valence-electron chi connectivity index (χ4n) is 3.26. The van der Waals surface area contributed by atoms with Gasteiger partial charge in [0.1, 0.15) is 0 Å². The molecule has 3 heteroatoms. The summed E-state index contributed by atoms with van der Waals surface area (Å²) >= 11 is 6.18. The lowest BCUT2D eigenvalue weighted by Gasteiger charge is -2.33. The molecule has 2 nitrogen and oxygen atoms in total. The third kappa shape index (κ3) is 3.89. The minimum atomic E-state index is 0.166. The van der Waals surface area contributed by atoms with E-state index in [1.165, 1.54) is 43.4 Å². The first-order valence-electron chi connectivity index (χ1n) is 7.92. The third-order valence-electron chi connectivity index (χ3n) is 4.24. The van der Waals surface area contributed by atoms with Crippen molar-refractivity contribution in [3.05, 3.63) is 28.8 Å². The maximum Gasteiger partial charge on any atom is 0.0410 e. The number of hydrogen-bond acceptors (Lipinski definition) is 2. The van der Waals surface area contributed by atoms with E-state index in [1.807, 2.05) is 6.07 Å². The predicted molar refractivity (Wildman–Crippen MR) is 88.7 cm³/mol. The molecule has 2 atom stereocenters. The number of anilines is 1. The quantitative estimate of drug-likeness (QED) is 0.892. The van der Waals surface area contributed by atoms with Crippen molar-refractivity contribution in [1.29, 1.82) is 0 Å². The molecule has 1 aliphatic heterocycles. The minimum Gasteiger partial charge on any atom is -0.368 e. The number of benzene rings is 1. The lowest BCUT2D eigenvalue weighted by Crippen LogP contribution is -2.35. The SMILES string of the molecule is CCC1CCCCCN1c1ccc(Cl)cc1CC(C)N. The number of nitrogens with zero attached hydrogens (tertiary/aromatic N) is 1. The predicted octanol–water partition coefficient (Wildman–Crippen LogP) is 4.39. The lowest BCUT2D eigenvalue weighted by atomic mass is 10.0. The molecule has 0 aromatic heterocycles. The molecule has 1 aliphatic rings. The number of halogens is 1. The molecule has 0 aliphatic carbocycles. The van der Waals surface area contributed by atoms with Crippen molar-refractivity contribution in [2.24, 2.45) is 5.73 Å². The molecule has 1 aromatic carbocycles. The van der Waals surface area contributed by atoms with Crippen LogP contribution in [0.3, 0.4) is 0 Å². The van der Waals surface area contributed by atoms with Crippen LogP contribution in [0, 0.1) is 0 Å². The fourth-order valence-corrected chi connectivity index (χ4v) is 3.46. The first-order valence-corrected chi connectivity index (χ1v) is 8.30. The smallest absolute Gasteiger partial charge is 0.0410 e. The van der Waals surface area contributed by atoms with Crippen LogP contribution in [-0.2, 0) is 6.42 Å².